The Labute approximate surface area is 258 Å². The third kappa shape index (κ3) is 12.1. The van der Waals surface area contributed by atoms with Crippen LogP contribution < -0.4 is 21.3 Å². The van der Waals surface area contributed by atoms with Gasteiger partial charge in [-0.15, -0.1) is 9.40 Å². The van der Waals surface area contributed by atoms with Crippen molar-refractivity contribution < 1.29 is 48.2 Å². The summed E-state index contributed by atoms with van der Waals surface area (Å²) in [4.78, 5) is 76.2. The summed E-state index contributed by atoms with van der Waals surface area (Å²) in [7, 11) is 0. The molecule has 0 bridgehead atoms. The first-order chi connectivity index (χ1) is 20.8. The Bertz CT molecular complexity index is 990. The average molecular weight is 648 g/mol. The number of rotatable bonds is 21. The second-order valence-corrected chi connectivity index (χ2v) is 12.8. The lowest BCUT2D eigenvalue weighted by atomic mass is 10.0. The Morgan fingerprint density at radius 2 is 1.56 bits per heavy atom. The molecule has 0 aromatic carbocycles. The van der Waals surface area contributed by atoms with Crippen LogP contribution in [-0.2, 0) is 38.2 Å². The maximum absolute atomic E-state index is 12.1. The van der Waals surface area contributed by atoms with Gasteiger partial charge < -0.3 is 26.1 Å². The van der Waals surface area contributed by atoms with Gasteiger partial charge in [-0.25, -0.2) is 14.8 Å². The number of carbonyl (C=O) groups excluding carboxylic acids is 6. The molecule has 3 heterocycles. The zero-order valence-electron chi connectivity index (χ0n) is 24.0. The maximum atomic E-state index is 12.1. The number of nitrogens with zero attached hydrogens (tertiary/aromatic N) is 1. The van der Waals surface area contributed by atoms with Crippen LogP contribution in [0.5, 0.6) is 0 Å². The fraction of sp³-hybridized carbons (Fsp3) is 0.769. The Morgan fingerprint density at radius 3 is 2.23 bits per heavy atom. The van der Waals surface area contributed by atoms with E-state index in [0.717, 1.165) is 44.3 Å². The molecule has 0 radical (unpaired) electrons. The van der Waals surface area contributed by atoms with Crippen LogP contribution in [0, 0.1) is 0 Å². The van der Waals surface area contributed by atoms with Gasteiger partial charge in [0.1, 0.15) is 5.25 Å². The minimum Gasteiger partial charge on any atom is -0.356 e. The molecule has 4 atom stereocenters. The molecule has 3 aliphatic rings. The van der Waals surface area contributed by atoms with Crippen LogP contribution in [-0.4, -0.2) is 87.4 Å². The lowest BCUT2D eigenvalue weighted by Crippen LogP contribution is -2.36. The zero-order chi connectivity index (χ0) is 31.0. The molecule has 3 saturated heterocycles. The summed E-state index contributed by atoms with van der Waals surface area (Å²) in [6.07, 6.45) is 7.58. The Balaban J connectivity index is 1.08. The van der Waals surface area contributed by atoms with Gasteiger partial charge in [0.05, 0.1) is 18.5 Å². The number of nitrogens with one attached hydrogen (secondary N) is 4. The van der Waals surface area contributed by atoms with Crippen molar-refractivity contribution >= 4 is 59.4 Å². The molecule has 5 N–H and O–H groups in total. The number of unbranched alkanes of at least 4 members (excludes halogenated alkanes) is 5. The molecule has 0 saturated carbocycles. The Morgan fingerprint density at radius 1 is 0.907 bits per heavy atom. The molecule has 43 heavy (non-hydrogen) atoms. The van der Waals surface area contributed by atoms with E-state index >= 15 is 0 Å². The SMILES string of the molecule is O=C(CCCCCNC(=O)CCCCC1SC[C@@H]2NC(=O)N[C@H]12)NCCCCCC(=O)ON1C(=O)CC(SOOO)C1=O. The van der Waals surface area contributed by atoms with Crippen LogP contribution >= 0.6 is 23.8 Å². The molecule has 15 nitrogen and oxygen atoms in total. The van der Waals surface area contributed by atoms with Crippen molar-refractivity contribution in [1.82, 2.24) is 26.3 Å². The molecule has 3 rings (SSSR count). The molecule has 3 fully saturated rings. The topological polar surface area (TPSA) is 202 Å². The first-order valence-electron chi connectivity index (χ1n) is 14.7. The van der Waals surface area contributed by atoms with Gasteiger partial charge in [0, 0.05) is 55.4 Å². The fourth-order valence-corrected chi connectivity index (χ4v) is 7.09. The Hall–Kier alpha value is -2.60. The third-order valence-electron chi connectivity index (χ3n) is 7.30. The summed E-state index contributed by atoms with van der Waals surface area (Å²) in [5, 5.41) is 23.1. The lowest BCUT2D eigenvalue weighted by Gasteiger charge is -2.16. The first kappa shape index (κ1) is 34.9. The normalized spacial score (nSPS) is 22.7. The summed E-state index contributed by atoms with van der Waals surface area (Å²) in [6, 6.07) is 0.349. The summed E-state index contributed by atoms with van der Waals surface area (Å²) < 4.78 is 4.17. The number of imide groups is 1. The predicted molar refractivity (Wildman–Crippen MR) is 156 cm³/mol. The molecule has 0 aliphatic carbocycles. The van der Waals surface area contributed by atoms with Gasteiger partial charge >= 0.3 is 12.0 Å². The second-order valence-electron chi connectivity index (χ2n) is 10.6. The molecule has 6 amide bonds. The highest BCUT2D eigenvalue weighted by molar-refractivity contribution is 8.00. The molecule has 0 aromatic heterocycles. The van der Waals surface area contributed by atoms with E-state index in [0.29, 0.717) is 67.5 Å². The average Bonchev–Trinajstić information content (AvgIpc) is 3.61. The third-order valence-corrected chi connectivity index (χ3v) is 9.55. The van der Waals surface area contributed by atoms with Gasteiger partial charge in [-0.05, 0) is 38.5 Å². The predicted octanol–water partition coefficient (Wildman–Crippen LogP) is 1.72. The highest BCUT2D eigenvalue weighted by Gasteiger charge is 2.43. The van der Waals surface area contributed by atoms with Gasteiger partial charge in [-0.2, -0.15) is 11.8 Å². The number of hydroxylamine groups is 2. The molecule has 242 valence electrons. The summed E-state index contributed by atoms with van der Waals surface area (Å²) in [5.41, 5.74) is 0. The standard InChI is InChI=1S/C26H41N5O10S2/c32-20(27-14-8-2-4-12-23(35)39-31-22(34)15-19(25(31)36)43-41-40-38)10-3-1-7-13-28-21(33)11-6-5-9-18-24-17(16-42-18)29-26(37)30-24/h17-19,24,38H,1-16H2,(H,27,32)(H,28,33)(H2,29,30,37)/t17-,18?,19?,24-/m0/s1. The molecule has 2 unspecified atom stereocenters. The van der Waals surface area contributed by atoms with Crippen molar-refractivity contribution in [3.63, 3.8) is 0 Å². The highest BCUT2D eigenvalue weighted by Crippen LogP contribution is 2.33. The lowest BCUT2D eigenvalue weighted by molar-refractivity contribution is -0.432. The van der Waals surface area contributed by atoms with Crippen LogP contribution in [0.3, 0.4) is 0 Å². The van der Waals surface area contributed by atoms with Gasteiger partial charge in [0.25, 0.3) is 11.8 Å². The number of amides is 6. The first-order valence-corrected chi connectivity index (χ1v) is 16.6. The van der Waals surface area contributed by atoms with E-state index in [4.69, 9.17) is 10.1 Å². The molecular formula is C26H41N5O10S2. The molecule has 17 heteroatoms. The van der Waals surface area contributed by atoms with Crippen molar-refractivity contribution in [2.75, 3.05) is 18.8 Å². The largest absolute Gasteiger partial charge is 0.356 e. The van der Waals surface area contributed by atoms with Crippen LogP contribution in [0.4, 0.5) is 4.79 Å². The highest BCUT2D eigenvalue weighted by atomic mass is 32.2. The fourth-order valence-electron chi connectivity index (χ4n) is 5.03. The van der Waals surface area contributed by atoms with E-state index in [9.17, 15) is 28.8 Å². The van der Waals surface area contributed by atoms with Crippen molar-refractivity contribution in [1.29, 1.82) is 0 Å². The van der Waals surface area contributed by atoms with E-state index < -0.39 is 23.0 Å². The van der Waals surface area contributed by atoms with E-state index in [1.165, 1.54) is 0 Å². The van der Waals surface area contributed by atoms with Crippen LogP contribution in [0.15, 0.2) is 0 Å². The van der Waals surface area contributed by atoms with E-state index in [1.807, 2.05) is 11.8 Å². The van der Waals surface area contributed by atoms with Crippen molar-refractivity contribution in [2.24, 2.45) is 0 Å². The van der Waals surface area contributed by atoms with E-state index in [2.05, 4.69) is 30.6 Å². The van der Waals surface area contributed by atoms with Crippen molar-refractivity contribution in [3.8, 4) is 0 Å². The monoisotopic (exact) mass is 647 g/mol. The second kappa shape index (κ2) is 18.9. The van der Waals surface area contributed by atoms with E-state index in [-0.39, 0.29) is 42.8 Å². The number of hydrogen-bond acceptors (Lipinski definition) is 12. The number of urea groups is 1. The van der Waals surface area contributed by atoms with Gasteiger partial charge in [-0.1, -0.05) is 24.3 Å². The minimum absolute atomic E-state index is 0.00877. The molecule has 3 aliphatic heterocycles. The molecule has 0 spiro atoms. The van der Waals surface area contributed by atoms with Gasteiger partial charge in [0.2, 0.25) is 11.8 Å². The molecule has 0 aromatic rings. The smallest absolute Gasteiger partial charge is 0.333 e. The van der Waals surface area contributed by atoms with Gasteiger partial charge in [0.15, 0.2) is 0 Å². The maximum Gasteiger partial charge on any atom is 0.333 e. The molecular weight excluding hydrogens is 606 g/mol. The van der Waals surface area contributed by atoms with Crippen LogP contribution in [0.2, 0.25) is 0 Å². The van der Waals surface area contributed by atoms with Crippen LogP contribution in [0.25, 0.3) is 0 Å². The number of thioether (sulfide) groups is 1. The van der Waals surface area contributed by atoms with Crippen LogP contribution in [0.1, 0.15) is 83.5 Å². The number of hydrogen-bond donors (Lipinski definition) is 5. The minimum atomic E-state index is -0.976. The van der Waals surface area contributed by atoms with E-state index in [1.54, 1.807) is 0 Å². The Kier molecular flexibility index (Phi) is 15.4. The number of carbonyl (C=O) groups is 6. The van der Waals surface area contributed by atoms with Gasteiger partial charge in [-0.3, -0.25) is 19.2 Å². The quantitative estimate of drug-likeness (QED) is 0.0302. The summed E-state index contributed by atoms with van der Waals surface area (Å²) in [6.45, 7) is 1.07. The zero-order valence-corrected chi connectivity index (χ0v) is 25.6. The van der Waals surface area contributed by atoms with Crippen molar-refractivity contribution in [2.45, 2.75) is 106 Å². The van der Waals surface area contributed by atoms with Crippen molar-refractivity contribution in [3.05, 3.63) is 0 Å². The number of fused-ring (bicyclic) bond motifs is 1. The summed E-state index contributed by atoms with van der Waals surface area (Å²) >= 11 is 2.32. The summed E-state index contributed by atoms with van der Waals surface area (Å²) in [5.74, 6) is -1.24.